The van der Waals surface area contributed by atoms with Gasteiger partial charge in [0, 0.05) is 17.8 Å². The zero-order valence-electron chi connectivity index (χ0n) is 9.27. The molecule has 2 aromatic rings. The number of nitrogens with zero attached hydrogens (tertiary/aromatic N) is 1. The second-order valence-corrected chi connectivity index (χ2v) is 4.01. The molecule has 0 aliphatic carbocycles. The van der Waals surface area contributed by atoms with E-state index in [0.29, 0.717) is 17.2 Å². The second kappa shape index (κ2) is 3.70. The van der Waals surface area contributed by atoms with E-state index in [4.69, 9.17) is 4.74 Å². The highest BCUT2D eigenvalue weighted by atomic mass is 19.1. The van der Waals surface area contributed by atoms with Gasteiger partial charge in [-0.2, -0.15) is 0 Å². The van der Waals surface area contributed by atoms with Crippen molar-refractivity contribution in [2.75, 3.05) is 0 Å². The van der Waals surface area contributed by atoms with Crippen molar-refractivity contribution < 1.29 is 9.13 Å². The number of hydrogen-bond donors (Lipinski definition) is 0. The van der Waals surface area contributed by atoms with Crippen LogP contribution in [0.1, 0.15) is 11.1 Å². The maximum absolute atomic E-state index is 13.2. The van der Waals surface area contributed by atoms with E-state index in [1.54, 1.807) is 12.3 Å². The number of rotatable bonds is 0. The van der Waals surface area contributed by atoms with Gasteiger partial charge in [-0.05, 0) is 36.8 Å². The number of hydrogen-bond acceptors (Lipinski definition) is 2. The molecule has 0 spiro atoms. The lowest BCUT2D eigenvalue weighted by molar-refractivity contribution is 0.478. The first-order chi connectivity index (χ1) is 8.22. The van der Waals surface area contributed by atoms with Crippen LogP contribution in [0.25, 0.3) is 0 Å². The topological polar surface area (TPSA) is 21.6 Å². The van der Waals surface area contributed by atoms with Crippen LogP contribution in [0.4, 0.5) is 10.1 Å². The van der Waals surface area contributed by atoms with E-state index >= 15 is 0 Å². The number of aryl methyl sites for hydroxylation is 1. The fourth-order valence-electron chi connectivity index (χ4n) is 1.77. The van der Waals surface area contributed by atoms with Gasteiger partial charge in [0.25, 0.3) is 0 Å². The summed E-state index contributed by atoms with van der Waals surface area (Å²) in [5.41, 5.74) is 2.63. The molecule has 0 N–H and O–H groups in total. The van der Waals surface area contributed by atoms with E-state index < -0.39 is 0 Å². The van der Waals surface area contributed by atoms with Gasteiger partial charge in [0.2, 0.25) is 0 Å². The van der Waals surface area contributed by atoms with Crippen molar-refractivity contribution in [2.24, 2.45) is 4.99 Å². The summed E-state index contributed by atoms with van der Waals surface area (Å²) >= 11 is 0. The third kappa shape index (κ3) is 1.80. The number of halogens is 1. The average Bonchev–Trinajstić information content (AvgIpc) is 2.46. The highest BCUT2D eigenvalue weighted by molar-refractivity contribution is 5.87. The molecule has 3 heteroatoms. The lowest BCUT2D eigenvalue weighted by Gasteiger charge is -2.08. The zero-order chi connectivity index (χ0) is 11.8. The van der Waals surface area contributed by atoms with Crippen LogP contribution in [0, 0.1) is 12.7 Å². The Morgan fingerprint density at radius 3 is 2.82 bits per heavy atom. The molecule has 0 radical (unpaired) electrons. The number of aliphatic imine (C=N–C) groups is 1. The fraction of sp³-hybridized carbons (Fsp3) is 0.0714. The molecule has 0 fully saturated rings. The van der Waals surface area contributed by atoms with Gasteiger partial charge in [0.15, 0.2) is 5.75 Å². The minimum atomic E-state index is -0.324. The van der Waals surface area contributed by atoms with Crippen molar-refractivity contribution >= 4 is 11.9 Å². The van der Waals surface area contributed by atoms with Gasteiger partial charge < -0.3 is 4.74 Å². The summed E-state index contributed by atoms with van der Waals surface area (Å²) in [4.78, 5) is 4.28. The SMILES string of the molecule is Cc1ccc2c(c1)Oc1cc(F)ccc1N=C2. The molecule has 0 amide bonds. The maximum atomic E-state index is 13.2. The van der Waals surface area contributed by atoms with E-state index in [0.717, 1.165) is 11.1 Å². The Balaban J connectivity index is 2.17. The monoisotopic (exact) mass is 227 g/mol. The van der Waals surface area contributed by atoms with Gasteiger partial charge in [-0.3, -0.25) is 4.99 Å². The number of benzene rings is 2. The Morgan fingerprint density at radius 2 is 1.94 bits per heavy atom. The quantitative estimate of drug-likeness (QED) is 0.569. The summed E-state index contributed by atoms with van der Waals surface area (Å²) in [6.45, 7) is 1.98. The van der Waals surface area contributed by atoms with Crippen LogP contribution in [0.3, 0.4) is 0 Å². The van der Waals surface area contributed by atoms with Gasteiger partial charge >= 0.3 is 0 Å². The minimum absolute atomic E-state index is 0.324. The zero-order valence-corrected chi connectivity index (χ0v) is 9.27. The molecular weight excluding hydrogens is 217 g/mol. The summed E-state index contributed by atoms with van der Waals surface area (Å²) in [5.74, 6) is 0.832. The molecule has 84 valence electrons. The van der Waals surface area contributed by atoms with Crippen molar-refractivity contribution in [3.05, 3.63) is 53.3 Å². The van der Waals surface area contributed by atoms with Gasteiger partial charge in [0.05, 0.1) is 0 Å². The summed E-state index contributed by atoms with van der Waals surface area (Å²) < 4.78 is 18.8. The highest BCUT2D eigenvalue weighted by Crippen LogP contribution is 2.36. The summed E-state index contributed by atoms with van der Waals surface area (Å²) in [7, 11) is 0. The Morgan fingerprint density at radius 1 is 1.06 bits per heavy atom. The molecule has 0 bridgehead atoms. The van der Waals surface area contributed by atoms with Crippen molar-refractivity contribution in [1.29, 1.82) is 0 Å². The molecule has 17 heavy (non-hydrogen) atoms. The van der Waals surface area contributed by atoms with E-state index in [1.807, 2.05) is 25.1 Å². The van der Waals surface area contributed by atoms with E-state index in [1.165, 1.54) is 12.1 Å². The van der Waals surface area contributed by atoms with E-state index in [9.17, 15) is 4.39 Å². The van der Waals surface area contributed by atoms with Gasteiger partial charge in [0.1, 0.15) is 17.3 Å². The minimum Gasteiger partial charge on any atom is -0.454 e. The van der Waals surface area contributed by atoms with Gasteiger partial charge in [-0.25, -0.2) is 4.39 Å². The van der Waals surface area contributed by atoms with E-state index in [2.05, 4.69) is 4.99 Å². The third-order valence-corrected chi connectivity index (χ3v) is 2.65. The molecule has 1 aliphatic heterocycles. The van der Waals surface area contributed by atoms with Crippen LogP contribution in [0.15, 0.2) is 41.4 Å². The van der Waals surface area contributed by atoms with Crippen molar-refractivity contribution in [3.63, 3.8) is 0 Å². The molecule has 0 aromatic heterocycles. The van der Waals surface area contributed by atoms with Gasteiger partial charge in [-0.15, -0.1) is 0 Å². The summed E-state index contributed by atoms with van der Waals surface area (Å²) in [6, 6.07) is 10.2. The first-order valence-corrected chi connectivity index (χ1v) is 5.34. The van der Waals surface area contributed by atoms with Crippen LogP contribution < -0.4 is 4.74 Å². The number of fused-ring (bicyclic) bond motifs is 2. The smallest absolute Gasteiger partial charge is 0.155 e. The van der Waals surface area contributed by atoms with Crippen molar-refractivity contribution in [3.8, 4) is 11.5 Å². The maximum Gasteiger partial charge on any atom is 0.155 e. The summed E-state index contributed by atoms with van der Waals surface area (Å²) in [6.07, 6.45) is 1.73. The molecule has 0 saturated heterocycles. The lowest BCUT2D eigenvalue weighted by Crippen LogP contribution is -1.89. The predicted molar refractivity (Wildman–Crippen MR) is 64.9 cm³/mol. The van der Waals surface area contributed by atoms with Gasteiger partial charge in [-0.1, -0.05) is 6.07 Å². The van der Waals surface area contributed by atoms with Crippen LogP contribution >= 0.6 is 0 Å². The standard InChI is InChI=1S/C14H10FNO/c1-9-2-3-10-8-16-12-5-4-11(15)7-14(12)17-13(10)6-9/h2-8H,1H3. The summed E-state index contributed by atoms with van der Waals surface area (Å²) in [5, 5.41) is 0. The highest BCUT2D eigenvalue weighted by Gasteiger charge is 2.12. The first kappa shape index (κ1) is 10.0. The van der Waals surface area contributed by atoms with Crippen molar-refractivity contribution in [2.45, 2.75) is 6.92 Å². The van der Waals surface area contributed by atoms with Crippen molar-refractivity contribution in [1.82, 2.24) is 0 Å². The molecule has 1 aliphatic rings. The van der Waals surface area contributed by atoms with Crippen LogP contribution in [-0.4, -0.2) is 6.21 Å². The largest absolute Gasteiger partial charge is 0.454 e. The normalized spacial score (nSPS) is 12.4. The Hall–Kier alpha value is -2.16. The molecule has 3 rings (SSSR count). The van der Waals surface area contributed by atoms with E-state index in [-0.39, 0.29) is 5.82 Å². The predicted octanol–water partition coefficient (Wildman–Crippen LogP) is 3.99. The average molecular weight is 227 g/mol. The van der Waals surface area contributed by atoms with Crippen LogP contribution in [0.5, 0.6) is 11.5 Å². The Kier molecular flexibility index (Phi) is 2.18. The molecule has 1 heterocycles. The number of ether oxygens (including phenoxy) is 1. The molecule has 0 saturated carbocycles. The molecule has 2 nitrogen and oxygen atoms in total. The molecular formula is C14H10FNO. The third-order valence-electron chi connectivity index (χ3n) is 2.65. The van der Waals surface area contributed by atoms with Crippen LogP contribution in [0.2, 0.25) is 0 Å². The molecule has 0 atom stereocenters. The Bertz CT molecular complexity index is 566. The second-order valence-electron chi connectivity index (χ2n) is 4.01. The first-order valence-electron chi connectivity index (χ1n) is 5.34. The lowest BCUT2D eigenvalue weighted by atomic mass is 10.1. The Labute approximate surface area is 98.4 Å². The van der Waals surface area contributed by atoms with Crippen LogP contribution in [-0.2, 0) is 0 Å². The molecule has 2 aromatic carbocycles. The molecule has 0 unspecified atom stereocenters. The fourth-order valence-corrected chi connectivity index (χ4v) is 1.77.